The Balaban J connectivity index is 2.35. The van der Waals surface area contributed by atoms with Crippen LogP contribution in [-0.2, 0) is 9.93 Å². The second-order valence-electron chi connectivity index (χ2n) is 1.49. The average Bonchev–Trinajstić information content (AvgIpc) is 2.12. The highest BCUT2D eigenvalue weighted by atomic mass is 33.1. The lowest BCUT2D eigenvalue weighted by molar-refractivity contribution is 0.222. The maximum Gasteiger partial charge on any atom is 0.536 e. The van der Waals surface area contributed by atoms with Crippen LogP contribution in [0.15, 0.2) is 0 Å². The predicted octanol–water partition coefficient (Wildman–Crippen LogP) is 1.33. The molecule has 1 aliphatic rings. The molecule has 1 N–H and O–H groups in total. The molecule has 0 aromatic heterocycles. The van der Waals surface area contributed by atoms with Crippen molar-refractivity contribution in [1.29, 1.82) is 0 Å². The van der Waals surface area contributed by atoms with Gasteiger partial charge in [0.15, 0.2) is 9.93 Å². The number of rotatable bonds is 0. The molecule has 1 aliphatic heterocycles. The van der Waals surface area contributed by atoms with Crippen LogP contribution in [0.3, 0.4) is 0 Å². The maximum atomic E-state index is 10.2. The van der Waals surface area contributed by atoms with E-state index >= 15 is 0 Å². The highest BCUT2D eigenvalue weighted by Gasteiger charge is 2.35. The molecule has 2 nitrogen and oxygen atoms in total. The first-order valence-corrected chi connectivity index (χ1v) is 5.27. The summed E-state index contributed by atoms with van der Waals surface area (Å²) in [5.41, 5.74) is 0. The van der Waals surface area contributed by atoms with Gasteiger partial charge in [0.1, 0.15) is 16.5 Å². The lowest BCUT2D eigenvalue weighted by atomic mass is 10.6. The normalized spacial score (nSPS) is 28.2. The van der Waals surface area contributed by atoms with Gasteiger partial charge in [-0.05, 0) is 0 Å². The van der Waals surface area contributed by atoms with Crippen molar-refractivity contribution in [2.24, 2.45) is 0 Å². The Morgan fingerprint density at radius 2 is 2.50 bits per heavy atom. The van der Waals surface area contributed by atoms with Crippen molar-refractivity contribution >= 4 is 26.0 Å². The Bertz CT molecular complexity index is 98.2. The van der Waals surface area contributed by atoms with Gasteiger partial charge in [-0.1, -0.05) is 0 Å². The van der Waals surface area contributed by atoms with Gasteiger partial charge in [0.2, 0.25) is 0 Å². The van der Waals surface area contributed by atoms with Crippen molar-refractivity contribution in [2.75, 3.05) is 11.5 Å². The predicted molar refractivity (Wildman–Crippen MR) is 37.3 cm³/mol. The van der Waals surface area contributed by atoms with Gasteiger partial charge in [-0.25, -0.2) is 0 Å². The Kier molecular flexibility index (Phi) is 2.08. The molecule has 1 unspecified atom stereocenters. The van der Waals surface area contributed by atoms with E-state index in [4.69, 9.17) is 5.11 Å². The van der Waals surface area contributed by atoms with Crippen molar-refractivity contribution in [3.63, 3.8) is 0 Å². The second-order valence-corrected chi connectivity index (χ2v) is 5.50. The molecule has 0 amide bonds. The van der Waals surface area contributed by atoms with E-state index in [0.717, 1.165) is 17.9 Å². The van der Waals surface area contributed by atoms with Crippen molar-refractivity contribution in [3.05, 3.63) is 0 Å². The van der Waals surface area contributed by atoms with Crippen LogP contribution in [0, 0.1) is 0 Å². The number of carbonyl (C=O) groups is 1. The van der Waals surface area contributed by atoms with Crippen LogP contribution < -0.4 is 0 Å². The van der Waals surface area contributed by atoms with E-state index < -0.39 is 5.30 Å². The molecule has 8 heavy (non-hydrogen) atoms. The summed E-state index contributed by atoms with van der Waals surface area (Å²) >= 11 is 0. The van der Waals surface area contributed by atoms with E-state index in [9.17, 15) is 4.79 Å². The third-order valence-corrected chi connectivity index (χ3v) is 4.96. The molecule has 1 fully saturated rings. The Morgan fingerprint density at radius 3 is 2.75 bits per heavy atom. The Morgan fingerprint density at radius 1 is 1.75 bits per heavy atom. The summed E-state index contributed by atoms with van der Waals surface area (Å²) in [6, 6.07) is 0. The fraction of sp³-hybridized carbons (Fsp3) is 0.750. The largest absolute Gasteiger partial charge is 0.536 e. The molecule has 1 saturated heterocycles. The summed E-state index contributed by atoms with van der Waals surface area (Å²) in [4.78, 5) is 10.2. The first-order chi connectivity index (χ1) is 3.80. The van der Waals surface area contributed by atoms with E-state index in [-0.39, 0.29) is 9.93 Å². The molecule has 0 aromatic rings. The molecule has 0 saturated carbocycles. The molecular weight excluding hydrogens is 144 g/mol. The molecule has 1 rings (SSSR count). The van der Waals surface area contributed by atoms with E-state index in [1.54, 1.807) is 10.8 Å². The highest BCUT2D eigenvalue weighted by molar-refractivity contribution is 8.79. The molecule has 0 spiro atoms. The van der Waals surface area contributed by atoms with Crippen molar-refractivity contribution in [1.82, 2.24) is 0 Å². The zero-order valence-electron chi connectivity index (χ0n) is 4.29. The standard InChI is InChI=1S/C4H6O2S2/c5-4(6)8-3-1-2-7-8/h1-3H2/p+1. The van der Waals surface area contributed by atoms with Gasteiger partial charge in [0, 0.05) is 12.2 Å². The van der Waals surface area contributed by atoms with Crippen molar-refractivity contribution in [2.45, 2.75) is 6.42 Å². The van der Waals surface area contributed by atoms with Gasteiger partial charge in [-0.3, -0.25) is 0 Å². The Hall–Kier alpha value is 0.170. The monoisotopic (exact) mass is 151 g/mol. The zero-order chi connectivity index (χ0) is 5.98. The Labute approximate surface area is 54.4 Å². The number of hydrogen-bond donors (Lipinski definition) is 1. The SMILES string of the molecule is O=C(O)[S+]1CCCS1. The van der Waals surface area contributed by atoms with E-state index in [1.807, 2.05) is 0 Å². The van der Waals surface area contributed by atoms with Gasteiger partial charge in [-0.15, -0.1) is 0 Å². The average molecular weight is 151 g/mol. The summed E-state index contributed by atoms with van der Waals surface area (Å²) in [5.74, 6) is 1.93. The maximum absolute atomic E-state index is 10.2. The highest BCUT2D eigenvalue weighted by Crippen LogP contribution is 2.26. The summed E-state index contributed by atoms with van der Waals surface area (Å²) in [6.45, 7) is 0. The van der Waals surface area contributed by atoms with E-state index in [1.165, 1.54) is 0 Å². The van der Waals surface area contributed by atoms with Gasteiger partial charge in [-0.2, -0.15) is 4.79 Å². The van der Waals surface area contributed by atoms with Crippen LogP contribution in [0.25, 0.3) is 0 Å². The molecule has 0 radical (unpaired) electrons. The lowest BCUT2D eigenvalue weighted by Gasteiger charge is -1.83. The quantitative estimate of drug-likeness (QED) is 0.419. The summed E-state index contributed by atoms with van der Waals surface area (Å²) in [6.07, 6.45) is 1.08. The van der Waals surface area contributed by atoms with E-state index in [0.29, 0.717) is 0 Å². The summed E-state index contributed by atoms with van der Waals surface area (Å²) in [7, 11) is 1.23. The smallest absolute Gasteiger partial charge is 0.440 e. The van der Waals surface area contributed by atoms with Crippen LogP contribution >= 0.6 is 10.8 Å². The van der Waals surface area contributed by atoms with E-state index in [2.05, 4.69) is 0 Å². The van der Waals surface area contributed by atoms with Crippen LogP contribution in [0.1, 0.15) is 6.42 Å². The zero-order valence-corrected chi connectivity index (χ0v) is 5.93. The van der Waals surface area contributed by atoms with Gasteiger partial charge < -0.3 is 5.11 Å². The van der Waals surface area contributed by atoms with Crippen LogP contribution in [0.2, 0.25) is 0 Å². The third-order valence-electron chi connectivity index (χ3n) is 0.894. The fourth-order valence-electron chi connectivity index (χ4n) is 0.546. The molecule has 0 aliphatic carbocycles. The minimum Gasteiger partial charge on any atom is -0.440 e. The fourth-order valence-corrected chi connectivity index (χ4v) is 3.96. The molecule has 4 heteroatoms. The lowest BCUT2D eigenvalue weighted by Crippen LogP contribution is -2.06. The molecule has 0 bridgehead atoms. The second kappa shape index (κ2) is 2.64. The third kappa shape index (κ3) is 1.32. The number of hydrogen-bond acceptors (Lipinski definition) is 2. The minimum atomic E-state index is -0.618. The van der Waals surface area contributed by atoms with Crippen LogP contribution in [-0.4, -0.2) is 21.9 Å². The summed E-state index contributed by atoms with van der Waals surface area (Å²) < 4.78 is 0. The van der Waals surface area contributed by atoms with Gasteiger partial charge in [0.05, 0.1) is 0 Å². The summed E-state index contributed by atoms with van der Waals surface area (Å²) in [5, 5.41) is 7.79. The van der Waals surface area contributed by atoms with Crippen molar-refractivity contribution in [3.8, 4) is 0 Å². The molecular formula is C4H7O2S2+. The van der Waals surface area contributed by atoms with Crippen molar-refractivity contribution < 1.29 is 9.90 Å². The number of carboxylic acid groups (broad SMARTS) is 1. The van der Waals surface area contributed by atoms with Crippen LogP contribution in [0.4, 0.5) is 4.79 Å². The molecule has 46 valence electrons. The first-order valence-electron chi connectivity index (χ1n) is 2.38. The topological polar surface area (TPSA) is 37.3 Å². The van der Waals surface area contributed by atoms with Crippen LogP contribution in [0.5, 0.6) is 0 Å². The molecule has 0 aromatic carbocycles. The molecule has 1 atom stereocenters. The minimum absolute atomic E-state index is 0.346. The molecule has 1 heterocycles. The first kappa shape index (κ1) is 6.29. The van der Waals surface area contributed by atoms with Gasteiger partial charge >= 0.3 is 5.30 Å². The van der Waals surface area contributed by atoms with Gasteiger partial charge in [0.25, 0.3) is 0 Å².